The van der Waals surface area contributed by atoms with E-state index in [0.717, 1.165) is 5.69 Å². The number of carbonyl (C=O) groups excluding carboxylic acids is 3. The molecule has 0 unspecified atom stereocenters. The van der Waals surface area contributed by atoms with Gasteiger partial charge in [0.05, 0.1) is 19.9 Å². The number of anilines is 4. The van der Waals surface area contributed by atoms with Gasteiger partial charge in [0.15, 0.2) is 0 Å². The summed E-state index contributed by atoms with van der Waals surface area (Å²) in [5.74, 6) is 0.674. The van der Waals surface area contributed by atoms with Gasteiger partial charge in [-0.05, 0) is 37.3 Å². The molecule has 0 aliphatic carbocycles. The average Bonchev–Trinajstić information content (AvgIpc) is 2.98. The van der Waals surface area contributed by atoms with E-state index in [2.05, 4.69) is 27.2 Å². The molecule has 3 aromatic rings. The molecule has 0 saturated carbocycles. The lowest BCUT2D eigenvalue weighted by Crippen LogP contribution is -2.58. The maximum absolute atomic E-state index is 12.4. The zero-order valence-electron chi connectivity index (χ0n) is 23.3. The van der Waals surface area contributed by atoms with E-state index in [-0.39, 0.29) is 17.8 Å². The Hall–Kier alpha value is -5.13. The minimum atomic E-state index is -0.701. The van der Waals surface area contributed by atoms with Crippen molar-refractivity contribution in [1.82, 2.24) is 14.9 Å². The Kier molecular flexibility index (Phi) is 9.02. The number of esters is 1. The molecule has 1 saturated heterocycles. The van der Waals surface area contributed by atoms with Crippen LogP contribution in [0.3, 0.4) is 0 Å². The van der Waals surface area contributed by atoms with Crippen LogP contribution in [0.2, 0.25) is 0 Å². The van der Waals surface area contributed by atoms with Gasteiger partial charge in [0.25, 0.3) is 0 Å². The molecule has 12 nitrogen and oxygen atoms in total. The van der Waals surface area contributed by atoms with E-state index in [1.165, 1.54) is 25.0 Å². The molecule has 1 aliphatic heterocycles. The van der Waals surface area contributed by atoms with Gasteiger partial charge in [0.2, 0.25) is 23.6 Å². The van der Waals surface area contributed by atoms with Gasteiger partial charge in [-0.25, -0.2) is 9.78 Å². The molecule has 214 valence electrons. The van der Waals surface area contributed by atoms with Crippen LogP contribution in [0.25, 0.3) is 0 Å². The van der Waals surface area contributed by atoms with Crippen molar-refractivity contribution >= 4 is 40.8 Å². The molecule has 2 N–H and O–H groups in total. The van der Waals surface area contributed by atoms with Crippen LogP contribution in [0.4, 0.5) is 23.0 Å². The number of ether oxygens (including phenoxy) is 3. The first-order valence-corrected chi connectivity index (χ1v) is 12.8. The summed E-state index contributed by atoms with van der Waals surface area (Å²) in [7, 11) is 2.87. The van der Waals surface area contributed by atoms with Gasteiger partial charge in [0.1, 0.15) is 17.5 Å². The third-order valence-electron chi connectivity index (χ3n) is 6.48. The highest BCUT2D eigenvalue weighted by Gasteiger charge is 2.35. The lowest BCUT2D eigenvalue weighted by atomic mass is 10.1. The van der Waals surface area contributed by atoms with Gasteiger partial charge < -0.3 is 34.6 Å². The maximum atomic E-state index is 12.4. The molecule has 1 aliphatic rings. The van der Waals surface area contributed by atoms with Crippen LogP contribution in [-0.2, 0) is 19.1 Å². The number of hydrogen-bond acceptors (Lipinski definition) is 10. The summed E-state index contributed by atoms with van der Waals surface area (Å²) in [5.41, 5.74) is 2.71. The number of aromatic nitrogens is 2. The second kappa shape index (κ2) is 12.8. The first-order valence-electron chi connectivity index (χ1n) is 12.8. The van der Waals surface area contributed by atoms with Gasteiger partial charge in [-0.3, -0.25) is 9.59 Å². The standard InChI is InChI=1S/C29H32N6O6/c1-6-26(37)31-20-8-7-9-22(14-20)41-27-18(2)16-30-29(33-27)32-23-11-10-21(15-25(23)39-4)34-12-13-35(19(3)36)24(17-34)28(38)40-5/h6-11,14-16,24H,1,12-13,17H2,2-5H3,(H,31,37)(H,30,32,33)/t24-/m0/s1. The molecule has 2 heterocycles. The fourth-order valence-corrected chi connectivity index (χ4v) is 4.36. The van der Waals surface area contributed by atoms with Crippen molar-refractivity contribution in [2.75, 3.05) is 49.4 Å². The molecule has 1 fully saturated rings. The van der Waals surface area contributed by atoms with Gasteiger partial charge >= 0.3 is 5.97 Å². The summed E-state index contributed by atoms with van der Waals surface area (Å²) < 4.78 is 16.6. The molecule has 2 amide bonds. The van der Waals surface area contributed by atoms with E-state index in [0.29, 0.717) is 54.0 Å². The Bertz CT molecular complexity index is 1460. The van der Waals surface area contributed by atoms with Crippen molar-refractivity contribution in [2.45, 2.75) is 19.9 Å². The zero-order chi connectivity index (χ0) is 29.5. The lowest BCUT2D eigenvalue weighted by molar-refractivity contribution is -0.152. The maximum Gasteiger partial charge on any atom is 0.330 e. The van der Waals surface area contributed by atoms with Crippen LogP contribution in [0.15, 0.2) is 61.3 Å². The highest BCUT2D eigenvalue weighted by molar-refractivity contribution is 5.99. The molecular formula is C29H32N6O6. The molecule has 1 aromatic heterocycles. The minimum Gasteiger partial charge on any atom is -0.494 e. The molecule has 0 bridgehead atoms. The van der Waals surface area contributed by atoms with E-state index < -0.39 is 12.0 Å². The fraction of sp³-hybridized carbons (Fsp3) is 0.276. The molecule has 12 heteroatoms. The number of nitrogens with zero attached hydrogens (tertiary/aromatic N) is 4. The molecule has 2 aromatic carbocycles. The van der Waals surface area contributed by atoms with Crippen LogP contribution < -0.4 is 25.0 Å². The predicted octanol–water partition coefficient (Wildman–Crippen LogP) is 3.66. The van der Waals surface area contributed by atoms with Crippen molar-refractivity contribution in [3.8, 4) is 17.4 Å². The Morgan fingerprint density at radius 2 is 1.93 bits per heavy atom. The van der Waals surface area contributed by atoms with Crippen LogP contribution >= 0.6 is 0 Å². The Morgan fingerprint density at radius 1 is 1.12 bits per heavy atom. The summed E-state index contributed by atoms with van der Waals surface area (Å²) >= 11 is 0. The van der Waals surface area contributed by atoms with E-state index in [1.54, 1.807) is 37.6 Å². The lowest BCUT2D eigenvalue weighted by Gasteiger charge is -2.40. The normalized spacial score (nSPS) is 14.6. The molecule has 0 spiro atoms. The molecule has 4 rings (SSSR count). The third-order valence-corrected chi connectivity index (χ3v) is 6.48. The largest absolute Gasteiger partial charge is 0.494 e. The predicted molar refractivity (Wildman–Crippen MR) is 154 cm³/mol. The van der Waals surface area contributed by atoms with E-state index in [9.17, 15) is 14.4 Å². The van der Waals surface area contributed by atoms with Gasteiger partial charge in [-0.2, -0.15) is 4.98 Å². The number of aryl methyl sites for hydroxylation is 1. The minimum absolute atomic E-state index is 0.175. The van der Waals surface area contributed by atoms with Crippen LogP contribution in [-0.4, -0.2) is 72.5 Å². The zero-order valence-corrected chi connectivity index (χ0v) is 23.3. The third kappa shape index (κ3) is 6.90. The topological polar surface area (TPSA) is 135 Å². The monoisotopic (exact) mass is 560 g/mol. The number of carbonyl (C=O) groups is 3. The van der Waals surface area contributed by atoms with Crippen LogP contribution in [0, 0.1) is 6.92 Å². The Labute approximate surface area is 237 Å². The van der Waals surface area contributed by atoms with Crippen molar-refractivity contribution < 1.29 is 28.6 Å². The number of benzene rings is 2. The number of hydrogen-bond donors (Lipinski definition) is 2. The first kappa shape index (κ1) is 28.9. The van der Waals surface area contributed by atoms with Crippen molar-refractivity contribution in [3.63, 3.8) is 0 Å². The van der Waals surface area contributed by atoms with Gasteiger partial charge in [-0.1, -0.05) is 12.6 Å². The van der Waals surface area contributed by atoms with Gasteiger partial charge in [0, 0.05) is 61.8 Å². The summed E-state index contributed by atoms with van der Waals surface area (Å²) in [6.07, 6.45) is 2.82. The van der Waals surface area contributed by atoms with Crippen molar-refractivity contribution in [2.24, 2.45) is 0 Å². The van der Waals surface area contributed by atoms with Crippen LogP contribution in [0.5, 0.6) is 17.4 Å². The number of nitrogens with one attached hydrogen (secondary N) is 2. The van der Waals surface area contributed by atoms with Crippen LogP contribution in [0.1, 0.15) is 12.5 Å². The van der Waals surface area contributed by atoms with E-state index >= 15 is 0 Å². The second-order valence-corrected chi connectivity index (χ2v) is 9.21. The summed E-state index contributed by atoms with van der Waals surface area (Å²) in [6.45, 7) is 7.95. The number of amides is 2. The summed E-state index contributed by atoms with van der Waals surface area (Å²) in [5, 5.41) is 5.86. The highest BCUT2D eigenvalue weighted by Crippen LogP contribution is 2.33. The molecule has 41 heavy (non-hydrogen) atoms. The fourth-order valence-electron chi connectivity index (χ4n) is 4.36. The highest BCUT2D eigenvalue weighted by atomic mass is 16.5. The average molecular weight is 561 g/mol. The van der Waals surface area contributed by atoms with Crippen molar-refractivity contribution in [3.05, 3.63) is 66.9 Å². The Morgan fingerprint density at radius 3 is 2.63 bits per heavy atom. The summed E-state index contributed by atoms with van der Waals surface area (Å²) in [4.78, 5) is 48.4. The SMILES string of the molecule is C=CC(=O)Nc1cccc(Oc2nc(Nc3ccc(N4CCN(C(C)=O)[C@H](C(=O)OC)C4)cc3OC)ncc2C)c1. The number of rotatable bonds is 9. The molecule has 1 atom stereocenters. The van der Waals surface area contributed by atoms with Crippen molar-refractivity contribution in [1.29, 1.82) is 0 Å². The quantitative estimate of drug-likeness (QED) is 0.295. The second-order valence-electron chi connectivity index (χ2n) is 9.21. The summed E-state index contributed by atoms with van der Waals surface area (Å²) in [6, 6.07) is 11.8. The van der Waals surface area contributed by atoms with E-state index in [4.69, 9.17) is 14.2 Å². The van der Waals surface area contributed by atoms with Gasteiger partial charge in [-0.15, -0.1) is 0 Å². The number of piperazine rings is 1. The Balaban J connectivity index is 1.51. The molecule has 0 radical (unpaired) electrons. The van der Waals surface area contributed by atoms with E-state index in [1.807, 2.05) is 30.0 Å². The molecular weight excluding hydrogens is 528 g/mol. The first-order chi connectivity index (χ1) is 19.7. The smallest absolute Gasteiger partial charge is 0.330 e. The number of methoxy groups -OCH3 is 2.